The number of aliphatic hydroxyl groups is 1. The lowest BCUT2D eigenvalue weighted by atomic mass is 10.0. The zero-order valence-electron chi connectivity index (χ0n) is 18.5. The number of nitrogens with one attached hydrogen (secondary N) is 1. The second-order valence-electron chi connectivity index (χ2n) is 8.53. The SMILES string of the molecule is C[C@H](Nc1ncc2cc(C(=O)Cc3ccccc3Cl)n(-c3ccc(F)cc3)c2n1)C(C)(C)O. The molecular weight excluding hydrogens is 443 g/mol. The summed E-state index contributed by atoms with van der Waals surface area (Å²) in [4.78, 5) is 22.3. The van der Waals surface area contributed by atoms with Crippen LogP contribution in [0.2, 0.25) is 5.02 Å². The molecule has 2 aromatic heterocycles. The van der Waals surface area contributed by atoms with Crippen LogP contribution in [0, 0.1) is 5.82 Å². The fourth-order valence-electron chi connectivity index (χ4n) is 3.39. The maximum absolute atomic E-state index is 13.6. The number of hydrogen-bond donors (Lipinski definition) is 2. The lowest BCUT2D eigenvalue weighted by Crippen LogP contribution is -2.39. The van der Waals surface area contributed by atoms with Gasteiger partial charge in [-0.2, -0.15) is 4.98 Å². The molecule has 0 aliphatic heterocycles. The van der Waals surface area contributed by atoms with Crippen molar-refractivity contribution in [2.75, 3.05) is 5.32 Å². The average molecular weight is 467 g/mol. The summed E-state index contributed by atoms with van der Waals surface area (Å²) in [5.41, 5.74) is 1.19. The summed E-state index contributed by atoms with van der Waals surface area (Å²) < 4.78 is 15.3. The van der Waals surface area contributed by atoms with Gasteiger partial charge in [0.05, 0.1) is 17.3 Å². The van der Waals surface area contributed by atoms with E-state index in [1.807, 2.05) is 25.1 Å². The highest BCUT2D eigenvalue weighted by Gasteiger charge is 2.24. The quantitative estimate of drug-likeness (QED) is 0.365. The van der Waals surface area contributed by atoms with Crippen molar-refractivity contribution in [3.63, 3.8) is 0 Å². The standard InChI is InChI=1S/C25H24ClFN4O2/c1-15(25(2,3)33)29-24-28-14-17-12-21(22(32)13-16-6-4-5-7-20(16)26)31(23(17)30-24)19-10-8-18(27)9-11-19/h4-12,14-15,33H,13H2,1-3H3,(H,28,29,30)/t15-/m0/s1. The van der Waals surface area contributed by atoms with Crippen molar-refractivity contribution in [3.05, 3.63) is 82.9 Å². The molecule has 0 aliphatic carbocycles. The number of carbonyl (C=O) groups is 1. The van der Waals surface area contributed by atoms with Crippen LogP contribution in [0.25, 0.3) is 16.7 Å². The maximum atomic E-state index is 13.6. The molecule has 0 bridgehead atoms. The number of hydrogen-bond acceptors (Lipinski definition) is 5. The summed E-state index contributed by atoms with van der Waals surface area (Å²) in [6.07, 6.45) is 1.72. The van der Waals surface area contributed by atoms with Gasteiger partial charge in [0.25, 0.3) is 0 Å². The Labute approximate surface area is 196 Å². The Morgan fingerprint density at radius 1 is 1.21 bits per heavy atom. The van der Waals surface area contributed by atoms with Crippen LogP contribution in [0.15, 0.2) is 60.8 Å². The Kier molecular flexibility index (Phi) is 6.19. The van der Waals surface area contributed by atoms with E-state index in [0.29, 0.717) is 38.9 Å². The van der Waals surface area contributed by atoms with Crippen LogP contribution in [0.1, 0.15) is 36.8 Å². The molecule has 1 atom stereocenters. The van der Waals surface area contributed by atoms with Gasteiger partial charge in [0.15, 0.2) is 11.4 Å². The monoisotopic (exact) mass is 466 g/mol. The zero-order valence-corrected chi connectivity index (χ0v) is 19.3. The molecular formula is C25H24ClFN4O2. The summed E-state index contributed by atoms with van der Waals surface area (Å²) in [7, 11) is 0. The van der Waals surface area contributed by atoms with Gasteiger partial charge >= 0.3 is 0 Å². The second kappa shape index (κ2) is 8.92. The average Bonchev–Trinajstić information content (AvgIpc) is 3.14. The molecule has 0 radical (unpaired) electrons. The fraction of sp³-hybridized carbons (Fsp3) is 0.240. The molecule has 0 saturated heterocycles. The third-order valence-electron chi connectivity index (χ3n) is 5.63. The van der Waals surface area contributed by atoms with Crippen molar-refractivity contribution in [1.82, 2.24) is 14.5 Å². The largest absolute Gasteiger partial charge is 0.388 e. The molecule has 4 aromatic rings. The Morgan fingerprint density at radius 3 is 2.58 bits per heavy atom. The molecule has 2 N–H and O–H groups in total. The van der Waals surface area contributed by atoms with Gasteiger partial charge in [-0.1, -0.05) is 29.8 Å². The van der Waals surface area contributed by atoms with E-state index in [4.69, 9.17) is 11.6 Å². The Hall–Kier alpha value is -3.29. The molecule has 0 aliphatic rings. The van der Waals surface area contributed by atoms with Crippen LogP contribution in [-0.2, 0) is 6.42 Å². The van der Waals surface area contributed by atoms with Crippen molar-refractivity contribution in [3.8, 4) is 5.69 Å². The van der Waals surface area contributed by atoms with Gasteiger partial charge in [-0.05, 0) is 62.7 Å². The highest BCUT2D eigenvalue weighted by Crippen LogP contribution is 2.26. The Morgan fingerprint density at radius 2 is 1.91 bits per heavy atom. The highest BCUT2D eigenvalue weighted by atomic mass is 35.5. The number of rotatable bonds is 7. The van der Waals surface area contributed by atoms with Gasteiger partial charge < -0.3 is 10.4 Å². The van der Waals surface area contributed by atoms with Crippen molar-refractivity contribution in [2.24, 2.45) is 0 Å². The molecule has 170 valence electrons. The molecule has 0 amide bonds. The summed E-state index contributed by atoms with van der Waals surface area (Å²) in [6, 6.07) is 14.4. The minimum atomic E-state index is -0.993. The summed E-state index contributed by atoms with van der Waals surface area (Å²) in [6.45, 7) is 5.21. The smallest absolute Gasteiger partial charge is 0.224 e. The molecule has 6 nitrogen and oxygen atoms in total. The van der Waals surface area contributed by atoms with Gasteiger partial charge in [0.2, 0.25) is 5.95 Å². The van der Waals surface area contributed by atoms with Crippen LogP contribution >= 0.6 is 11.6 Å². The van der Waals surface area contributed by atoms with Gasteiger partial charge in [-0.3, -0.25) is 9.36 Å². The first-order chi connectivity index (χ1) is 15.6. The van der Waals surface area contributed by atoms with Crippen LogP contribution in [-0.4, -0.2) is 37.1 Å². The van der Waals surface area contributed by atoms with Crippen LogP contribution in [0.3, 0.4) is 0 Å². The number of ketones is 1. The van der Waals surface area contributed by atoms with E-state index >= 15 is 0 Å². The van der Waals surface area contributed by atoms with E-state index < -0.39 is 5.60 Å². The number of anilines is 1. The van der Waals surface area contributed by atoms with Gasteiger partial charge in [-0.15, -0.1) is 0 Å². The van der Waals surface area contributed by atoms with Crippen molar-refractivity contribution >= 4 is 34.4 Å². The van der Waals surface area contributed by atoms with E-state index in [9.17, 15) is 14.3 Å². The summed E-state index contributed by atoms with van der Waals surface area (Å²) in [5, 5.41) is 14.5. The van der Waals surface area contributed by atoms with Gasteiger partial charge in [0, 0.05) is 28.7 Å². The van der Waals surface area contributed by atoms with Crippen LogP contribution in [0.5, 0.6) is 0 Å². The number of halogens is 2. The molecule has 2 heterocycles. The highest BCUT2D eigenvalue weighted by molar-refractivity contribution is 6.31. The lowest BCUT2D eigenvalue weighted by molar-refractivity contribution is 0.0646. The molecule has 0 saturated carbocycles. The number of benzene rings is 2. The normalized spacial score (nSPS) is 12.7. The number of carbonyl (C=O) groups excluding carboxylic acids is 1. The number of aromatic nitrogens is 3. The number of nitrogens with zero attached hydrogens (tertiary/aromatic N) is 3. The van der Waals surface area contributed by atoms with E-state index in [1.165, 1.54) is 12.1 Å². The maximum Gasteiger partial charge on any atom is 0.224 e. The minimum Gasteiger partial charge on any atom is -0.388 e. The third kappa shape index (κ3) is 4.89. The summed E-state index contributed by atoms with van der Waals surface area (Å²) >= 11 is 6.26. The topological polar surface area (TPSA) is 80.0 Å². The molecule has 4 rings (SSSR count). The zero-order chi connectivity index (χ0) is 23.8. The van der Waals surface area contributed by atoms with Gasteiger partial charge in [-0.25, -0.2) is 9.37 Å². The third-order valence-corrected chi connectivity index (χ3v) is 5.99. The predicted molar refractivity (Wildman–Crippen MR) is 128 cm³/mol. The van der Waals surface area contributed by atoms with E-state index in [0.717, 1.165) is 0 Å². The number of Topliss-reactive ketones (excluding diaryl/α,β-unsaturated/α-hetero) is 1. The second-order valence-corrected chi connectivity index (χ2v) is 8.93. The van der Waals surface area contributed by atoms with Crippen LogP contribution < -0.4 is 5.32 Å². The van der Waals surface area contributed by atoms with Crippen molar-refractivity contribution in [2.45, 2.75) is 38.8 Å². The molecule has 33 heavy (non-hydrogen) atoms. The Bertz CT molecular complexity index is 1310. The first-order valence-corrected chi connectivity index (χ1v) is 10.9. The van der Waals surface area contributed by atoms with E-state index in [-0.39, 0.29) is 24.1 Å². The van der Waals surface area contributed by atoms with Crippen molar-refractivity contribution in [1.29, 1.82) is 0 Å². The van der Waals surface area contributed by atoms with E-state index in [2.05, 4.69) is 15.3 Å². The first-order valence-electron chi connectivity index (χ1n) is 10.5. The number of fused-ring (bicyclic) bond motifs is 1. The first kappa shape index (κ1) is 22.9. The minimum absolute atomic E-state index is 0.103. The molecule has 8 heteroatoms. The molecule has 0 spiro atoms. The summed E-state index contributed by atoms with van der Waals surface area (Å²) in [5.74, 6) is -0.233. The predicted octanol–water partition coefficient (Wildman–Crippen LogP) is 5.21. The Balaban J connectivity index is 1.82. The lowest BCUT2D eigenvalue weighted by Gasteiger charge is -2.26. The van der Waals surface area contributed by atoms with Gasteiger partial charge in [0.1, 0.15) is 5.82 Å². The van der Waals surface area contributed by atoms with Crippen molar-refractivity contribution < 1.29 is 14.3 Å². The van der Waals surface area contributed by atoms with Crippen LogP contribution in [0.4, 0.5) is 10.3 Å². The molecule has 2 aromatic carbocycles. The molecule has 0 unspecified atom stereocenters. The van der Waals surface area contributed by atoms with E-state index in [1.54, 1.807) is 48.9 Å². The fourth-order valence-corrected chi connectivity index (χ4v) is 3.59. The molecule has 0 fully saturated rings.